The van der Waals surface area contributed by atoms with Crippen LogP contribution in [0, 0.1) is 0 Å². The van der Waals surface area contributed by atoms with E-state index in [0.717, 1.165) is 69.1 Å². The molecule has 0 saturated carbocycles. The number of carbonyl (C=O) groups is 1. The van der Waals surface area contributed by atoms with E-state index in [1.165, 1.54) is 0 Å². The molecule has 2 rings (SSSR count). The molecule has 0 bridgehead atoms. The van der Waals surface area contributed by atoms with Crippen LogP contribution in [0.4, 0.5) is 0 Å². The number of nitrogens with one attached hydrogen (secondary N) is 2. The summed E-state index contributed by atoms with van der Waals surface area (Å²) < 4.78 is 5.70. The molecule has 1 aromatic rings. The minimum atomic E-state index is 0.300. The van der Waals surface area contributed by atoms with E-state index in [1.54, 1.807) is 6.08 Å². The van der Waals surface area contributed by atoms with Gasteiger partial charge in [0.15, 0.2) is 5.96 Å². The van der Waals surface area contributed by atoms with Gasteiger partial charge in [-0.15, -0.1) is 0 Å². The van der Waals surface area contributed by atoms with Crippen molar-refractivity contribution >= 4 is 11.9 Å². The number of benzene rings is 1. The average Bonchev–Trinajstić information content (AvgIpc) is 2.92. The molecule has 154 valence electrons. The standard InChI is InChI=1S/C22H34N4O2/c1-3-17-28-20-12-8-7-11-19(20)18-25-22(23-4-2)24-14-10-16-26-15-9-5-6-13-21(26)27/h3,7-8,11-12H,1,4-6,9-10,13-18H2,2H3,(H2,23,24,25). The van der Waals surface area contributed by atoms with Crippen molar-refractivity contribution in [2.45, 2.75) is 45.6 Å². The Kier molecular flexibility index (Phi) is 9.97. The normalized spacial score (nSPS) is 15.1. The second-order valence-electron chi connectivity index (χ2n) is 6.87. The van der Waals surface area contributed by atoms with Crippen molar-refractivity contribution < 1.29 is 9.53 Å². The number of hydrogen-bond acceptors (Lipinski definition) is 3. The zero-order chi connectivity index (χ0) is 20.0. The fourth-order valence-electron chi connectivity index (χ4n) is 3.18. The molecular weight excluding hydrogens is 352 g/mol. The number of aliphatic imine (C=N–C) groups is 1. The lowest BCUT2D eigenvalue weighted by molar-refractivity contribution is -0.130. The van der Waals surface area contributed by atoms with E-state index in [9.17, 15) is 4.79 Å². The lowest BCUT2D eigenvalue weighted by atomic mass is 10.2. The molecule has 1 fully saturated rings. The fraction of sp³-hybridized carbons (Fsp3) is 0.545. The number of likely N-dealkylation sites (tertiary alicyclic amines) is 1. The Morgan fingerprint density at radius 3 is 2.96 bits per heavy atom. The third-order valence-corrected chi connectivity index (χ3v) is 4.65. The first-order valence-electron chi connectivity index (χ1n) is 10.4. The van der Waals surface area contributed by atoms with E-state index in [4.69, 9.17) is 4.74 Å². The van der Waals surface area contributed by atoms with Gasteiger partial charge in [-0.25, -0.2) is 4.99 Å². The van der Waals surface area contributed by atoms with Gasteiger partial charge in [0, 0.05) is 38.2 Å². The van der Waals surface area contributed by atoms with Crippen LogP contribution in [0.5, 0.6) is 5.75 Å². The predicted molar refractivity (Wildman–Crippen MR) is 115 cm³/mol. The van der Waals surface area contributed by atoms with Crippen LogP contribution in [0.3, 0.4) is 0 Å². The van der Waals surface area contributed by atoms with Crippen molar-refractivity contribution in [3.8, 4) is 5.75 Å². The van der Waals surface area contributed by atoms with Crippen LogP contribution in [0.15, 0.2) is 41.9 Å². The molecule has 0 aromatic heterocycles. The molecule has 0 spiro atoms. The maximum absolute atomic E-state index is 12.1. The van der Waals surface area contributed by atoms with Gasteiger partial charge in [-0.05, 0) is 32.3 Å². The maximum atomic E-state index is 12.1. The van der Waals surface area contributed by atoms with Crippen LogP contribution in [0.25, 0.3) is 0 Å². The van der Waals surface area contributed by atoms with Gasteiger partial charge in [0.05, 0.1) is 6.54 Å². The second kappa shape index (κ2) is 12.8. The van der Waals surface area contributed by atoms with Crippen molar-refractivity contribution in [1.82, 2.24) is 15.5 Å². The van der Waals surface area contributed by atoms with Crippen LogP contribution >= 0.6 is 0 Å². The number of guanidine groups is 1. The molecule has 0 radical (unpaired) electrons. The van der Waals surface area contributed by atoms with Gasteiger partial charge in [0.2, 0.25) is 5.91 Å². The topological polar surface area (TPSA) is 66.0 Å². The Morgan fingerprint density at radius 1 is 1.29 bits per heavy atom. The number of hydrogen-bond donors (Lipinski definition) is 2. The molecule has 6 heteroatoms. The Bertz CT molecular complexity index is 645. The number of para-hydroxylation sites is 1. The molecule has 1 amide bonds. The fourth-order valence-corrected chi connectivity index (χ4v) is 3.18. The molecule has 1 aromatic carbocycles. The molecule has 1 aliphatic heterocycles. The maximum Gasteiger partial charge on any atom is 0.222 e. The number of carbonyl (C=O) groups excluding carboxylic acids is 1. The van der Waals surface area contributed by atoms with Crippen LogP contribution in [0.1, 0.15) is 44.6 Å². The van der Waals surface area contributed by atoms with Gasteiger partial charge in [-0.2, -0.15) is 0 Å². The number of amides is 1. The summed E-state index contributed by atoms with van der Waals surface area (Å²) in [6, 6.07) is 7.92. The lowest BCUT2D eigenvalue weighted by Gasteiger charge is -2.20. The first-order valence-corrected chi connectivity index (χ1v) is 10.4. The highest BCUT2D eigenvalue weighted by molar-refractivity contribution is 5.79. The highest BCUT2D eigenvalue weighted by Crippen LogP contribution is 2.18. The van der Waals surface area contributed by atoms with Crippen molar-refractivity contribution in [2.24, 2.45) is 4.99 Å². The van der Waals surface area contributed by atoms with E-state index < -0.39 is 0 Å². The molecule has 1 heterocycles. The molecule has 1 aliphatic rings. The minimum absolute atomic E-state index is 0.300. The van der Waals surface area contributed by atoms with Gasteiger partial charge in [0.25, 0.3) is 0 Å². The molecular formula is C22H34N4O2. The largest absolute Gasteiger partial charge is 0.489 e. The van der Waals surface area contributed by atoms with E-state index in [-0.39, 0.29) is 0 Å². The summed E-state index contributed by atoms with van der Waals surface area (Å²) in [6.07, 6.45) is 6.66. The van der Waals surface area contributed by atoms with E-state index >= 15 is 0 Å². The minimum Gasteiger partial charge on any atom is -0.489 e. The molecule has 2 N–H and O–H groups in total. The quantitative estimate of drug-likeness (QED) is 0.281. The summed E-state index contributed by atoms with van der Waals surface area (Å²) in [5, 5.41) is 6.64. The van der Waals surface area contributed by atoms with Crippen LogP contribution < -0.4 is 15.4 Å². The molecule has 0 aliphatic carbocycles. The Morgan fingerprint density at radius 2 is 2.14 bits per heavy atom. The highest BCUT2D eigenvalue weighted by Gasteiger charge is 2.15. The van der Waals surface area contributed by atoms with E-state index in [0.29, 0.717) is 25.5 Å². The molecule has 0 atom stereocenters. The Balaban J connectivity index is 1.83. The van der Waals surface area contributed by atoms with Crippen LogP contribution in [-0.4, -0.2) is 49.6 Å². The highest BCUT2D eigenvalue weighted by atomic mass is 16.5. The number of nitrogens with zero attached hydrogens (tertiary/aromatic N) is 2. The second-order valence-corrected chi connectivity index (χ2v) is 6.87. The summed E-state index contributed by atoms with van der Waals surface area (Å²) >= 11 is 0. The predicted octanol–water partition coefficient (Wildman–Crippen LogP) is 3.10. The third kappa shape index (κ3) is 7.62. The number of rotatable bonds is 10. The van der Waals surface area contributed by atoms with Crippen LogP contribution in [-0.2, 0) is 11.3 Å². The van der Waals surface area contributed by atoms with E-state index in [2.05, 4.69) is 22.2 Å². The summed E-state index contributed by atoms with van der Waals surface area (Å²) in [5.41, 5.74) is 1.04. The van der Waals surface area contributed by atoms with Crippen LogP contribution in [0.2, 0.25) is 0 Å². The van der Waals surface area contributed by atoms with Crippen molar-refractivity contribution in [1.29, 1.82) is 0 Å². The van der Waals surface area contributed by atoms with E-state index in [1.807, 2.05) is 36.1 Å². The zero-order valence-electron chi connectivity index (χ0n) is 17.1. The smallest absolute Gasteiger partial charge is 0.222 e. The lowest BCUT2D eigenvalue weighted by Crippen LogP contribution is -2.39. The van der Waals surface area contributed by atoms with Gasteiger partial charge in [-0.1, -0.05) is 37.3 Å². The van der Waals surface area contributed by atoms with Gasteiger partial charge < -0.3 is 20.3 Å². The summed E-state index contributed by atoms with van der Waals surface area (Å²) in [6.45, 7) is 10.0. The number of ether oxygens (including phenoxy) is 1. The average molecular weight is 387 g/mol. The SMILES string of the molecule is C=CCOc1ccccc1CN=C(NCC)NCCCN1CCCCCC1=O. The molecule has 1 saturated heterocycles. The first kappa shape index (κ1) is 21.8. The molecule has 28 heavy (non-hydrogen) atoms. The molecule has 6 nitrogen and oxygen atoms in total. The first-order chi connectivity index (χ1) is 13.7. The van der Waals surface area contributed by atoms with Crippen molar-refractivity contribution in [2.75, 3.05) is 32.8 Å². The van der Waals surface area contributed by atoms with Gasteiger partial charge in [-0.3, -0.25) is 4.79 Å². The van der Waals surface area contributed by atoms with Gasteiger partial charge >= 0.3 is 0 Å². The molecule has 0 unspecified atom stereocenters. The third-order valence-electron chi connectivity index (χ3n) is 4.65. The Labute approximate surface area is 169 Å². The summed E-state index contributed by atoms with van der Waals surface area (Å²) in [5.74, 6) is 1.92. The van der Waals surface area contributed by atoms with Gasteiger partial charge in [0.1, 0.15) is 12.4 Å². The van der Waals surface area contributed by atoms with Crippen molar-refractivity contribution in [3.05, 3.63) is 42.5 Å². The summed E-state index contributed by atoms with van der Waals surface area (Å²) in [7, 11) is 0. The Hall–Kier alpha value is -2.50. The zero-order valence-corrected chi connectivity index (χ0v) is 17.1. The monoisotopic (exact) mass is 386 g/mol. The summed E-state index contributed by atoms with van der Waals surface area (Å²) in [4.78, 5) is 18.7. The van der Waals surface area contributed by atoms with Crippen molar-refractivity contribution in [3.63, 3.8) is 0 Å².